The summed E-state index contributed by atoms with van der Waals surface area (Å²) in [4.78, 5) is 29.4. The molecule has 3 aromatic rings. The average molecular weight is 384 g/mol. The molecule has 1 heterocycles. The summed E-state index contributed by atoms with van der Waals surface area (Å²) in [5, 5.41) is 2.87. The van der Waals surface area contributed by atoms with E-state index in [9.17, 15) is 14.0 Å². The molecule has 0 fully saturated rings. The third-order valence-corrected chi connectivity index (χ3v) is 4.74. The second-order valence-electron chi connectivity index (χ2n) is 5.70. The fourth-order valence-corrected chi connectivity index (χ4v) is 3.28. The van der Waals surface area contributed by atoms with Crippen LogP contribution in [0.4, 0.5) is 9.52 Å². The van der Waals surface area contributed by atoms with Crippen molar-refractivity contribution in [2.75, 3.05) is 11.9 Å². The highest BCUT2D eigenvalue weighted by Gasteiger charge is 2.22. The molecule has 0 saturated heterocycles. The first-order valence-electron chi connectivity index (χ1n) is 8.30. The zero-order chi connectivity index (χ0) is 19.4. The van der Waals surface area contributed by atoms with Gasteiger partial charge in [-0.2, -0.15) is 0 Å². The Labute approximate surface area is 159 Å². The summed E-state index contributed by atoms with van der Waals surface area (Å²) in [6.07, 6.45) is 0. The number of hydrogen-bond donors (Lipinski definition) is 1. The number of anilines is 1. The number of thiazole rings is 1. The van der Waals surface area contributed by atoms with E-state index in [4.69, 9.17) is 4.74 Å². The minimum atomic E-state index is -0.504. The predicted octanol–water partition coefficient (Wildman–Crippen LogP) is 4.69. The molecule has 0 aliphatic rings. The number of hydrogen-bond acceptors (Lipinski definition) is 5. The molecule has 1 aromatic heterocycles. The second-order valence-corrected chi connectivity index (χ2v) is 6.70. The van der Waals surface area contributed by atoms with E-state index in [1.807, 2.05) is 30.3 Å². The van der Waals surface area contributed by atoms with Gasteiger partial charge in [0.25, 0.3) is 5.91 Å². The van der Waals surface area contributed by atoms with Gasteiger partial charge >= 0.3 is 5.97 Å². The van der Waals surface area contributed by atoms with Crippen LogP contribution < -0.4 is 5.32 Å². The minimum absolute atomic E-state index is 0.173. The smallest absolute Gasteiger partial charge is 0.350 e. The fraction of sp³-hybridized carbons (Fsp3) is 0.150. The van der Waals surface area contributed by atoms with Crippen LogP contribution >= 0.6 is 11.3 Å². The van der Waals surface area contributed by atoms with Gasteiger partial charge in [0.15, 0.2) is 5.13 Å². The number of esters is 1. The number of aryl methyl sites for hydroxylation is 1. The molecular formula is C20H17FN2O3S. The van der Waals surface area contributed by atoms with E-state index in [0.717, 1.165) is 16.9 Å². The standard InChI is InChI=1S/C20H17FN2O3S/c1-3-26-19(25)17-16(13-7-5-4-6-8-13)22-20(27-17)23-18(24)14-10-9-12(2)15(21)11-14/h4-11H,3H2,1-2H3,(H,22,23,24). The maximum atomic E-state index is 13.7. The number of nitrogens with one attached hydrogen (secondary N) is 1. The van der Waals surface area contributed by atoms with Gasteiger partial charge in [-0.1, -0.05) is 47.7 Å². The lowest BCUT2D eigenvalue weighted by molar-refractivity contribution is 0.0532. The normalized spacial score (nSPS) is 10.5. The van der Waals surface area contributed by atoms with Gasteiger partial charge in [0.2, 0.25) is 0 Å². The summed E-state index contributed by atoms with van der Waals surface area (Å²) in [5.74, 6) is -1.47. The van der Waals surface area contributed by atoms with Gasteiger partial charge in [0.1, 0.15) is 10.7 Å². The van der Waals surface area contributed by atoms with Crippen LogP contribution in [0, 0.1) is 12.7 Å². The number of carbonyl (C=O) groups is 2. The molecule has 0 bridgehead atoms. The maximum absolute atomic E-state index is 13.7. The second kappa shape index (κ2) is 8.09. The fourth-order valence-electron chi connectivity index (χ4n) is 2.40. The molecule has 2 aromatic carbocycles. The maximum Gasteiger partial charge on any atom is 0.350 e. The van der Waals surface area contributed by atoms with Gasteiger partial charge in [0.05, 0.1) is 12.3 Å². The Morgan fingerprint density at radius 1 is 1.19 bits per heavy atom. The Morgan fingerprint density at radius 2 is 1.93 bits per heavy atom. The number of aromatic nitrogens is 1. The number of benzene rings is 2. The molecule has 0 atom stereocenters. The highest BCUT2D eigenvalue weighted by molar-refractivity contribution is 7.18. The summed E-state index contributed by atoms with van der Waals surface area (Å²) in [5.41, 5.74) is 1.80. The molecule has 0 aliphatic heterocycles. The van der Waals surface area contributed by atoms with Crippen LogP contribution in [0.25, 0.3) is 11.3 Å². The van der Waals surface area contributed by atoms with Crippen LogP contribution in [-0.2, 0) is 4.74 Å². The van der Waals surface area contributed by atoms with Crippen LogP contribution in [0.15, 0.2) is 48.5 Å². The molecular weight excluding hydrogens is 367 g/mol. The van der Waals surface area contributed by atoms with Crippen molar-refractivity contribution in [2.45, 2.75) is 13.8 Å². The molecule has 0 saturated carbocycles. The van der Waals surface area contributed by atoms with E-state index in [0.29, 0.717) is 16.1 Å². The van der Waals surface area contributed by atoms with E-state index in [2.05, 4.69) is 10.3 Å². The van der Waals surface area contributed by atoms with E-state index < -0.39 is 17.7 Å². The molecule has 0 radical (unpaired) electrons. The van der Waals surface area contributed by atoms with E-state index in [1.54, 1.807) is 13.8 Å². The van der Waals surface area contributed by atoms with Crippen molar-refractivity contribution in [3.63, 3.8) is 0 Å². The average Bonchev–Trinajstić information content (AvgIpc) is 3.09. The van der Waals surface area contributed by atoms with Crippen LogP contribution in [0.1, 0.15) is 32.5 Å². The van der Waals surface area contributed by atoms with Gasteiger partial charge in [-0.3, -0.25) is 10.1 Å². The number of ether oxygens (including phenoxy) is 1. The number of amides is 1. The summed E-state index contributed by atoms with van der Waals surface area (Å²) in [6, 6.07) is 13.4. The lowest BCUT2D eigenvalue weighted by Gasteiger charge is -2.03. The van der Waals surface area contributed by atoms with Gasteiger partial charge in [-0.25, -0.2) is 14.2 Å². The lowest BCUT2D eigenvalue weighted by Crippen LogP contribution is -2.12. The third-order valence-electron chi connectivity index (χ3n) is 3.79. The summed E-state index contributed by atoms with van der Waals surface area (Å²) in [6.45, 7) is 3.57. The number of carbonyl (C=O) groups excluding carboxylic acids is 2. The van der Waals surface area contributed by atoms with Gasteiger partial charge < -0.3 is 4.74 Å². The van der Waals surface area contributed by atoms with Crippen LogP contribution in [-0.4, -0.2) is 23.5 Å². The molecule has 0 unspecified atom stereocenters. The number of halogens is 1. The SMILES string of the molecule is CCOC(=O)c1sc(NC(=O)c2ccc(C)c(F)c2)nc1-c1ccccc1. The molecule has 138 valence electrons. The Morgan fingerprint density at radius 3 is 2.59 bits per heavy atom. The molecule has 7 heteroatoms. The Bertz CT molecular complexity index is 986. The van der Waals surface area contributed by atoms with Crippen LogP contribution in [0.5, 0.6) is 0 Å². The number of rotatable bonds is 5. The van der Waals surface area contributed by atoms with Crippen molar-refractivity contribution in [1.29, 1.82) is 0 Å². The summed E-state index contributed by atoms with van der Waals surface area (Å²) in [7, 11) is 0. The Balaban J connectivity index is 1.92. The monoisotopic (exact) mass is 384 g/mol. The quantitative estimate of drug-likeness (QED) is 0.648. The van der Waals surface area contributed by atoms with E-state index >= 15 is 0 Å². The third kappa shape index (κ3) is 4.20. The Kier molecular flexibility index (Phi) is 5.61. The topological polar surface area (TPSA) is 68.3 Å². The molecule has 1 N–H and O–H groups in total. The zero-order valence-electron chi connectivity index (χ0n) is 14.8. The first kappa shape index (κ1) is 18.7. The van der Waals surface area contributed by atoms with Crippen molar-refractivity contribution < 1.29 is 18.7 Å². The van der Waals surface area contributed by atoms with Crippen LogP contribution in [0.2, 0.25) is 0 Å². The van der Waals surface area contributed by atoms with Crippen molar-refractivity contribution >= 4 is 28.3 Å². The largest absolute Gasteiger partial charge is 0.462 e. The van der Waals surface area contributed by atoms with Gasteiger partial charge in [-0.05, 0) is 31.5 Å². The molecule has 0 spiro atoms. The first-order valence-corrected chi connectivity index (χ1v) is 9.12. The van der Waals surface area contributed by atoms with Crippen molar-refractivity contribution in [2.24, 2.45) is 0 Å². The van der Waals surface area contributed by atoms with E-state index in [-0.39, 0.29) is 17.3 Å². The van der Waals surface area contributed by atoms with Crippen molar-refractivity contribution in [1.82, 2.24) is 4.98 Å². The van der Waals surface area contributed by atoms with Crippen LogP contribution in [0.3, 0.4) is 0 Å². The Hall–Kier alpha value is -3.06. The van der Waals surface area contributed by atoms with Crippen molar-refractivity contribution in [3.05, 3.63) is 70.4 Å². The molecule has 27 heavy (non-hydrogen) atoms. The lowest BCUT2D eigenvalue weighted by atomic mass is 10.1. The summed E-state index contributed by atoms with van der Waals surface area (Å²) >= 11 is 1.02. The highest BCUT2D eigenvalue weighted by atomic mass is 32.1. The highest BCUT2D eigenvalue weighted by Crippen LogP contribution is 2.32. The molecule has 3 rings (SSSR count). The molecule has 5 nitrogen and oxygen atoms in total. The first-order chi connectivity index (χ1) is 13.0. The summed E-state index contributed by atoms with van der Waals surface area (Å²) < 4.78 is 18.8. The van der Waals surface area contributed by atoms with Gasteiger partial charge in [0, 0.05) is 11.1 Å². The number of nitrogens with zero attached hydrogens (tertiary/aromatic N) is 1. The van der Waals surface area contributed by atoms with Crippen molar-refractivity contribution in [3.8, 4) is 11.3 Å². The van der Waals surface area contributed by atoms with E-state index in [1.165, 1.54) is 18.2 Å². The van der Waals surface area contributed by atoms with Gasteiger partial charge in [-0.15, -0.1) is 0 Å². The minimum Gasteiger partial charge on any atom is -0.462 e. The predicted molar refractivity (Wildman–Crippen MR) is 103 cm³/mol. The molecule has 1 amide bonds. The molecule has 0 aliphatic carbocycles. The zero-order valence-corrected chi connectivity index (χ0v) is 15.6.